The van der Waals surface area contributed by atoms with Crippen LogP contribution >= 0.6 is 0 Å². The summed E-state index contributed by atoms with van der Waals surface area (Å²) >= 11 is 0. The Bertz CT molecular complexity index is 108. The van der Waals surface area contributed by atoms with Crippen LogP contribution in [0.15, 0.2) is 0 Å². The molecule has 0 spiro atoms. The van der Waals surface area contributed by atoms with E-state index >= 15 is 0 Å². The fraction of sp³-hybridized carbons (Fsp3) is 0.833. The maximum Gasteiger partial charge on any atom is 0.183 e. The zero-order valence-corrected chi connectivity index (χ0v) is 7.63. The average Bonchev–Trinajstić information content (AvgIpc) is 1.81. The van der Waals surface area contributed by atoms with Gasteiger partial charge in [0.25, 0.3) is 0 Å². The fourth-order valence-corrected chi connectivity index (χ4v) is 1.05. The van der Waals surface area contributed by atoms with Crippen molar-refractivity contribution in [2.45, 2.75) is 25.7 Å². The van der Waals surface area contributed by atoms with Crippen LogP contribution in [-0.4, -0.2) is 32.4 Å². The predicted octanol–water partition coefficient (Wildman–Crippen LogP) is 0.398. The zero-order chi connectivity index (χ0) is 8.20. The molecule has 0 aromatic rings. The van der Waals surface area contributed by atoms with Gasteiger partial charge in [-0.05, 0) is 19.6 Å². The number of carbonyl (C=O) groups is 1. The Morgan fingerprint density at radius 3 is 2.40 bits per heavy atom. The van der Waals surface area contributed by atoms with E-state index in [1.54, 1.807) is 0 Å². The van der Waals surface area contributed by atoms with Gasteiger partial charge in [-0.25, -0.2) is 0 Å². The number of rotatable bonds is 4. The summed E-state index contributed by atoms with van der Waals surface area (Å²) in [5.41, 5.74) is 0. The highest BCUT2D eigenvalue weighted by Crippen LogP contribution is 2.02. The Kier molecular flexibility index (Phi) is 3.78. The number of carbonyl (C=O) groups excluding carboxylic acids is 1. The Morgan fingerprint density at radius 1 is 1.60 bits per heavy atom. The molecule has 0 rings (SSSR count). The molecule has 0 fully saturated rings. The van der Waals surface area contributed by atoms with Crippen molar-refractivity contribution in [3.8, 4) is 0 Å². The van der Waals surface area contributed by atoms with Gasteiger partial charge in [0.15, 0.2) is 14.6 Å². The lowest BCUT2D eigenvalue weighted by atomic mass is 10.4. The van der Waals surface area contributed by atoms with Gasteiger partial charge in [-0.3, -0.25) is 0 Å². The lowest BCUT2D eigenvalue weighted by molar-refractivity contribution is -0.116. The lowest BCUT2D eigenvalue weighted by Crippen LogP contribution is -2.30. The highest BCUT2D eigenvalue weighted by atomic mass is 28.4. The summed E-state index contributed by atoms with van der Waals surface area (Å²) in [4.78, 5) is 9.91. The van der Waals surface area contributed by atoms with Crippen molar-refractivity contribution >= 4 is 14.6 Å². The van der Waals surface area contributed by atoms with Crippen molar-refractivity contribution in [2.75, 3.05) is 6.61 Å². The van der Waals surface area contributed by atoms with Crippen molar-refractivity contribution < 1.29 is 14.3 Å². The summed E-state index contributed by atoms with van der Waals surface area (Å²) in [6.07, 6.45) is -0.466. The molecule has 10 heavy (non-hydrogen) atoms. The summed E-state index contributed by atoms with van der Waals surface area (Å²) in [6, 6.07) is 0. The minimum atomic E-state index is -1.56. The molecule has 3 nitrogen and oxygen atoms in total. The van der Waals surface area contributed by atoms with E-state index in [9.17, 15) is 4.79 Å². The average molecular weight is 162 g/mol. The van der Waals surface area contributed by atoms with E-state index in [4.69, 9.17) is 9.53 Å². The number of hydrogen-bond acceptors (Lipinski definition) is 3. The van der Waals surface area contributed by atoms with Crippen LogP contribution in [0.3, 0.4) is 0 Å². The van der Waals surface area contributed by atoms with E-state index in [0.29, 0.717) is 6.29 Å². The van der Waals surface area contributed by atoms with Gasteiger partial charge in [-0.15, -0.1) is 0 Å². The summed E-state index contributed by atoms with van der Waals surface area (Å²) in [5.74, 6) is 0. The van der Waals surface area contributed by atoms with Gasteiger partial charge < -0.3 is 14.3 Å². The second-order valence-electron chi connectivity index (χ2n) is 3.13. The maximum atomic E-state index is 9.91. The van der Waals surface area contributed by atoms with Crippen LogP contribution in [0.25, 0.3) is 0 Å². The first-order valence-corrected chi connectivity index (χ1v) is 6.64. The van der Waals surface area contributed by atoms with Crippen LogP contribution in [0.4, 0.5) is 0 Å². The summed E-state index contributed by atoms with van der Waals surface area (Å²) < 4.78 is 5.24. The Hall–Kier alpha value is -0.193. The van der Waals surface area contributed by atoms with Crippen LogP contribution in [0.1, 0.15) is 0 Å². The highest BCUT2D eigenvalue weighted by molar-refractivity contribution is 6.69. The van der Waals surface area contributed by atoms with Crippen LogP contribution in [0.2, 0.25) is 19.6 Å². The predicted molar refractivity (Wildman–Crippen MR) is 41.4 cm³/mol. The monoisotopic (exact) mass is 162 g/mol. The molecule has 0 aromatic heterocycles. The zero-order valence-electron chi connectivity index (χ0n) is 6.63. The molecule has 0 aromatic carbocycles. The summed E-state index contributed by atoms with van der Waals surface area (Å²) in [7, 11) is -1.56. The van der Waals surface area contributed by atoms with Gasteiger partial charge in [-0.2, -0.15) is 0 Å². The first kappa shape index (κ1) is 9.81. The highest BCUT2D eigenvalue weighted by Gasteiger charge is 2.15. The third kappa shape index (κ3) is 5.93. The van der Waals surface area contributed by atoms with Crippen LogP contribution in [0.5, 0.6) is 0 Å². The van der Waals surface area contributed by atoms with Crippen LogP contribution < -0.4 is 0 Å². The molecule has 0 aliphatic carbocycles. The SMILES string of the molecule is C[Si](C)(C)OCC(O)C=O. The second kappa shape index (κ2) is 3.85. The van der Waals surface area contributed by atoms with Gasteiger partial charge >= 0.3 is 0 Å². The molecule has 0 aliphatic rings. The fourth-order valence-electron chi connectivity index (χ4n) is 0.375. The summed E-state index contributed by atoms with van der Waals surface area (Å²) in [5, 5.41) is 8.75. The molecule has 4 heteroatoms. The topological polar surface area (TPSA) is 46.5 Å². The minimum Gasteiger partial charge on any atom is -0.415 e. The van der Waals surface area contributed by atoms with E-state index in [1.165, 1.54) is 0 Å². The molecular formula is C6H14O3Si. The van der Waals surface area contributed by atoms with Gasteiger partial charge in [0, 0.05) is 0 Å². The van der Waals surface area contributed by atoms with Gasteiger partial charge in [0.1, 0.15) is 6.10 Å². The number of aliphatic hydroxyl groups is 1. The molecule has 0 saturated carbocycles. The first-order chi connectivity index (χ1) is 4.45. The van der Waals surface area contributed by atoms with Crippen LogP contribution in [0, 0.1) is 0 Å². The molecule has 0 radical (unpaired) electrons. The standard InChI is InChI=1S/C6H14O3Si/c1-10(2,3)9-5-6(8)4-7/h4,6,8H,5H2,1-3H3. The molecule has 1 unspecified atom stereocenters. The lowest BCUT2D eigenvalue weighted by Gasteiger charge is -2.17. The van der Waals surface area contributed by atoms with E-state index in [1.807, 2.05) is 19.6 Å². The second-order valence-corrected chi connectivity index (χ2v) is 7.64. The number of aliphatic hydroxyl groups excluding tert-OH is 1. The van der Waals surface area contributed by atoms with E-state index in [-0.39, 0.29) is 6.61 Å². The quantitative estimate of drug-likeness (QED) is 0.481. The third-order valence-electron chi connectivity index (χ3n) is 0.844. The van der Waals surface area contributed by atoms with Gasteiger partial charge in [0.05, 0.1) is 6.61 Å². The first-order valence-electron chi connectivity index (χ1n) is 3.23. The Labute approximate surface area is 62.1 Å². The normalized spacial score (nSPS) is 14.8. The van der Waals surface area contributed by atoms with Crippen molar-refractivity contribution in [3.63, 3.8) is 0 Å². The number of aldehydes is 1. The van der Waals surface area contributed by atoms with Crippen molar-refractivity contribution in [1.29, 1.82) is 0 Å². The van der Waals surface area contributed by atoms with E-state index in [0.717, 1.165) is 0 Å². The molecule has 60 valence electrons. The molecule has 0 aliphatic heterocycles. The molecule has 1 N–H and O–H groups in total. The smallest absolute Gasteiger partial charge is 0.183 e. The molecular weight excluding hydrogens is 148 g/mol. The molecule has 0 bridgehead atoms. The third-order valence-corrected chi connectivity index (χ3v) is 1.88. The molecule has 0 heterocycles. The molecule has 1 atom stereocenters. The largest absolute Gasteiger partial charge is 0.415 e. The van der Waals surface area contributed by atoms with E-state index < -0.39 is 14.4 Å². The van der Waals surface area contributed by atoms with Crippen LogP contribution in [-0.2, 0) is 9.22 Å². The van der Waals surface area contributed by atoms with Gasteiger partial charge in [0.2, 0.25) is 0 Å². The maximum absolute atomic E-state index is 9.91. The number of hydrogen-bond donors (Lipinski definition) is 1. The molecule has 0 saturated heterocycles. The van der Waals surface area contributed by atoms with Crippen molar-refractivity contribution in [3.05, 3.63) is 0 Å². The Morgan fingerprint density at radius 2 is 2.10 bits per heavy atom. The summed E-state index contributed by atoms with van der Waals surface area (Å²) in [6.45, 7) is 6.15. The minimum absolute atomic E-state index is 0.138. The van der Waals surface area contributed by atoms with Gasteiger partial charge in [-0.1, -0.05) is 0 Å². The Balaban J connectivity index is 3.45. The van der Waals surface area contributed by atoms with Crippen molar-refractivity contribution in [1.82, 2.24) is 0 Å². The molecule has 0 amide bonds. The van der Waals surface area contributed by atoms with Crippen molar-refractivity contribution in [2.24, 2.45) is 0 Å². The van der Waals surface area contributed by atoms with E-state index in [2.05, 4.69) is 0 Å².